The predicted octanol–water partition coefficient (Wildman–Crippen LogP) is 1.16. The molecule has 0 atom stereocenters. The van der Waals surface area contributed by atoms with Crippen molar-refractivity contribution in [3.63, 3.8) is 0 Å². The lowest BCUT2D eigenvalue weighted by Crippen LogP contribution is -2.48. The van der Waals surface area contributed by atoms with E-state index >= 15 is 0 Å². The third kappa shape index (κ3) is 4.06. The van der Waals surface area contributed by atoms with Crippen LogP contribution < -0.4 is 10.2 Å². The van der Waals surface area contributed by atoms with Gasteiger partial charge in [-0.1, -0.05) is 0 Å². The molecule has 166 valence electrons. The second-order valence-corrected chi connectivity index (χ2v) is 8.47. The molecule has 10 heteroatoms. The molecule has 2 aliphatic heterocycles. The number of carbonyl (C=O) groups is 2. The van der Waals surface area contributed by atoms with Gasteiger partial charge in [0.25, 0.3) is 5.91 Å². The maximum Gasteiger partial charge on any atom is 0.273 e. The second-order valence-electron chi connectivity index (χ2n) is 8.47. The zero-order valence-corrected chi connectivity index (χ0v) is 18.8. The van der Waals surface area contributed by atoms with E-state index in [4.69, 9.17) is 4.98 Å². The number of aromatic nitrogens is 4. The van der Waals surface area contributed by atoms with Crippen molar-refractivity contribution in [3.8, 4) is 0 Å². The number of rotatable bonds is 5. The molecule has 2 amide bonds. The van der Waals surface area contributed by atoms with Gasteiger partial charge in [0.05, 0.1) is 18.8 Å². The summed E-state index contributed by atoms with van der Waals surface area (Å²) < 4.78 is 1.84. The van der Waals surface area contributed by atoms with Gasteiger partial charge in [-0.25, -0.2) is 4.98 Å². The second kappa shape index (κ2) is 8.16. The predicted molar refractivity (Wildman–Crippen MR) is 117 cm³/mol. The average Bonchev–Trinajstić information content (AvgIpc) is 3.25. The normalized spacial score (nSPS) is 16.3. The van der Waals surface area contributed by atoms with Crippen LogP contribution in [-0.2, 0) is 24.9 Å². The topological polar surface area (TPSA) is 99.5 Å². The van der Waals surface area contributed by atoms with Crippen LogP contribution in [0.5, 0.6) is 0 Å². The largest absolute Gasteiger partial charge is 0.364 e. The molecule has 2 aromatic rings. The highest BCUT2D eigenvalue weighted by Crippen LogP contribution is 2.31. The molecule has 0 saturated carbocycles. The molecule has 0 radical (unpaired) electrons. The molecule has 0 spiro atoms. The van der Waals surface area contributed by atoms with Crippen molar-refractivity contribution >= 4 is 23.6 Å². The van der Waals surface area contributed by atoms with E-state index in [0.29, 0.717) is 56.7 Å². The van der Waals surface area contributed by atoms with E-state index < -0.39 is 0 Å². The Bertz CT molecular complexity index is 988. The first-order valence-corrected chi connectivity index (χ1v) is 10.7. The van der Waals surface area contributed by atoms with Gasteiger partial charge in [-0.15, -0.1) is 0 Å². The van der Waals surface area contributed by atoms with Crippen molar-refractivity contribution in [3.05, 3.63) is 28.7 Å². The summed E-state index contributed by atoms with van der Waals surface area (Å²) in [4.78, 5) is 39.8. The molecule has 31 heavy (non-hydrogen) atoms. The van der Waals surface area contributed by atoms with Crippen molar-refractivity contribution in [1.82, 2.24) is 29.5 Å². The number of nitrogens with one attached hydrogen (secondary N) is 1. The van der Waals surface area contributed by atoms with E-state index in [1.807, 2.05) is 53.3 Å². The maximum atomic E-state index is 13.0. The molecular formula is C21H30N8O2. The minimum atomic E-state index is -0.0623. The van der Waals surface area contributed by atoms with E-state index in [1.165, 1.54) is 0 Å². The maximum absolute atomic E-state index is 13.0. The molecular weight excluding hydrogens is 396 g/mol. The summed E-state index contributed by atoms with van der Waals surface area (Å²) >= 11 is 0. The Morgan fingerprint density at radius 2 is 1.90 bits per heavy atom. The van der Waals surface area contributed by atoms with Gasteiger partial charge in [-0.2, -0.15) is 10.1 Å². The quantitative estimate of drug-likeness (QED) is 0.766. The first kappa shape index (κ1) is 21.1. The van der Waals surface area contributed by atoms with Gasteiger partial charge in [0, 0.05) is 57.4 Å². The van der Waals surface area contributed by atoms with E-state index in [0.717, 1.165) is 17.0 Å². The van der Waals surface area contributed by atoms with E-state index in [2.05, 4.69) is 15.4 Å². The van der Waals surface area contributed by atoms with Crippen molar-refractivity contribution in [1.29, 1.82) is 0 Å². The fraction of sp³-hybridized carbons (Fsp3) is 0.571. The Morgan fingerprint density at radius 3 is 2.48 bits per heavy atom. The summed E-state index contributed by atoms with van der Waals surface area (Å²) in [6.07, 6.45) is 0. The molecule has 0 unspecified atom stereocenters. The van der Waals surface area contributed by atoms with Crippen LogP contribution >= 0.6 is 0 Å². The van der Waals surface area contributed by atoms with Crippen molar-refractivity contribution in [2.75, 3.05) is 36.4 Å². The summed E-state index contributed by atoms with van der Waals surface area (Å²) in [5.74, 6) is 1.22. The van der Waals surface area contributed by atoms with Gasteiger partial charge >= 0.3 is 0 Å². The number of aryl methyl sites for hydroxylation is 2. The number of fused-ring (bicyclic) bond motifs is 1. The standard InChI is InChI=1S/C21H30N8O2/c1-13(2)29-12-17-18(20(29)31)23-21(28-8-6-27(7-9-28)15(4)30)24-19(17)22-11-16-10-14(3)26(5)25-16/h10,13H,6-9,11-12H2,1-5H3,(H,22,23,24). The molecule has 4 rings (SSSR count). The van der Waals surface area contributed by atoms with Crippen molar-refractivity contribution < 1.29 is 9.59 Å². The lowest BCUT2D eigenvalue weighted by molar-refractivity contribution is -0.129. The number of nitrogens with zero attached hydrogens (tertiary/aromatic N) is 7. The fourth-order valence-corrected chi connectivity index (χ4v) is 4.00. The fourth-order valence-electron chi connectivity index (χ4n) is 4.00. The number of piperazine rings is 1. The Labute approximate surface area is 182 Å². The van der Waals surface area contributed by atoms with Crippen LogP contribution in [0.4, 0.5) is 11.8 Å². The molecule has 0 bridgehead atoms. The SMILES string of the molecule is CC(=O)N1CCN(c2nc(NCc3cc(C)n(C)n3)c3c(n2)C(=O)N(C(C)C)C3)CC1. The summed E-state index contributed by atoms with van der Waals surface area (Å²) in [7, 11) is 1.92. The highest BCUT2D eigenvalue weighted by Gasteiger charge is 2.35. The number of hydrogen-bond donors (Lipinski definition) is 1. The number of hydrogen-bond acceptors (Lipinski definition) is 7. The monoisotopic (exact) mass is 426 g/mol. The molecule has 4 heterocycles. The Kier molecular flexibility index (Phi) is 5.55. The lowest BCUT2D eigenvalue weighted by Gasteiger charge is -2.34. The van der Waals surface area contributed by atoms with Crippen LogP contribution in [0.3, 0.4) is 0 Å². The number of anilines is 2. The summed E-state index contributed by atoms with van der Waals surface area (Å²) in [6.45, 7) is 11.1. The van der Waals surface area contributed by atoms with Crippen LogP contribution in [0, 0.1) is 6.92 Å². The van der Waals surface area contributed by atoms with Crippen molar-refractivity contribution in [2.45, 2.75) is 46.8 Å². The molecule has 2 aromatic heterocycles. The van der Waals surface area contributed by atoms with Crippen LogP contribution in [0.2, 0.25) is 0 Å². The third-order valence-electron chi connectivity index (χ3n) is 6.02. The molecule has 10 nitrogen and oxygen atoms in total. The molecule has 0 aromatic carbocycles. The van der Waals surface area contributed by atoms with Gasteiger partial charge in [-0.3, -0.25) is 14.3 Å². The zero-order chi connectivity index (χ0) is 22.3. The minimum absolute atomic E-state index is 0.0623. The van der Waals surface area contributed by atoms with Gasteiger partial charge < -0.3 is 20.0 Å². The van der Waals surface area contributed by atoms with E-state index in [-0.39, 0.29) is 17.9 Å². The summed E-state index contributed by atoms with van der Waals surface area (Å²) in [5.41, 5.74) is 3.29. The highest BCUT2D eigenvalue weighted by molar-refractivity contribution is 5.98. The molecule has 1 fully saturated rings. The van der Waals surface area contributed by atoms with E-state index in [9.17, 15) is 9.59 Å². The van der Waals surface area contributed by atoms with Crippen LogP contribution in [0.25, 0.3) is 0 Å². The molecule has 2 aliphatic rings. The third-order valence-corrected chi connectivity index (χ3v) is 6.02. The zero-order valence-electron chi connectivity index (χ0n) is 18.8. The lowest BCUT2D eigenvalue weighted by atomic mass is 10.2. The van der Waals surface area contributed by atoms with Crippen LogP contribution in [-0.4, -0.2) is 73.6 Å². The number of carbonyl (C=O) groups excluding carboxylic acids is 2. The van der Waals surface area contributed by atoms with Crippen LogP contribution in [0.15, 0.2) is 6.07 Å². The van der Waals surface area contributed by atoms with Gasteiger partial charge in [-0.05, 0) is 26.8 Å². The van der Waals surface area contributed by atoms with Gasteiger partial charge in [0.15, 0.2) is 0 Å². The smallest absolute Gasteiger partial charge is 0.273 e. The summed E-state index contributed by atoms with van der Waals surface area (Å²) in [5, 5.41) is 7.89. The molecule has 1 saturated heterocycles. The minimum Gasteiger partial charge on any atom is -0.364 e. The molecule has 0 aliphatic carbocycles. The van der Waals surface area contributed by atoms with Gasteiger partial charge in [0.2, 0.25) is 11.9 Å². The Morgan fingerprint density at radius 1 is 1.19 bits per heavy atom. The Balaban J connectivity index is 1.62. The highest BCUT2D eigenvalue weighted by atomic mass is 16.2. The first-order valence-electron chi connectivity index (χ1n) is 10.7. The molecule has 1 N–H and O–H groups in total. The Hall–Kier alpha value is -3.17. The van der Waals surface area contributed by atoms with Crippen molar-refractivity contribution in [2.24, 2.45) is 7.05 Å². The van der Waals surface area contributed by atoms with Crippen LogP contribution in [0.1, 0.15) is 48.2 Å². The first-order chi connectivity index (χ1) is 14.7. The average molecular weight is 427 g/mol. The van der Waals surface area contributed by atoms with Gasteiger partial charge in [0.1, 0.15) is 11.5 Å². The van der Waals surface area contributed by atoms with E-state index in [1.54, 1.807) is 6.92 Å². The number of amides is 2. The summed E-state index contributed by atoms with van der Waals surface area (Å²) in [6, 6.07) is 2.11.